The Balaban J connectivity index is 2.85. The van der Waals surface area contributed by atoms with Crippen LogP contribution in [0.3, 0.4) is 0 Å². The molecular weight excluding hydrogens is 150 g/mol. The van der Waals surface area contributed by atoms with E-state index in [9.17, 15) is 4.79 Å². The van der Waals surface area contributed by atoms with Gasteiger partial charge in [-0.2, -0.15) is 0 Å². The number of rotatable bonds is 1. The molecule has 0 saturated heterocycles. The first-order valence-corrected chi connectivity index (χ1v) is 3.58. The molecule has 0 bridgehead atoms. The van der Waals surface area contributed by atoms with Gasteiger partial charge in [-0.1, -0.05) is 11.3 Å². The first kappa shape index (κ1) is 7.14. The molecule has 0 aliphatic carbocycles. The van der Waals surface area contributed by atoms with E-state index in [2.05, 4.69) is 15.5 Å². The number of aryl methyl sites for hydroxylation is 1. The van der Waals surface area contributed by atoms with Crippen LogP contribution in [0.15, 0.2) is 0 Å². The summed E-state index contributed by atoms with van der Waals surface area (Å²) in [6.45, 7) is 1.81. The highest BCUT2D eigenvalue weighted by Crippen LogP contribution is 2.06. The van der Waals surface area contributed by atoms with Gasteiger partial charge in [-0.15, -0.1) is 10.2 Å². The van der Waals surface area contributed by atoms with Crippen LogP contribution < -0.4 is 5.32 Å². The molecule has 0 aromatic carbocycles. The van der Waals surface area contributed by atoms with Gasteiger partial charge in [0.2, 0.25) is 5.01 Å². The molecule has 54 valence electrons. The molecule has 1 aromatic rings. The summed E-state index contributed by atoms with van der Waals surface area (Å²) < 4.78 is 0. The van der Waals surface area contributed by atoms with Gasteiger partial charge in [0, 0.05) is 7.05 Å². The lowest BCUT2D eigenvalue weighted by atomic mass is 10.6. The van der Waals surface area contributed by atoms with E-state index in [1.165, 1.54) is 11.3 Å². The topological polar surface area (TPSA) is 54.9 Å². The van der Waals surface area contributed by atoms with Crippen LogP contribution >= 0.6 is 11.3 Å². The van der Waals surface area contributed by atoms with Gasteiger partial charge in [0.05, 0.1) is 0 Å². The third-order valence-electron chi connectivity index (χ3n) is 0.947. The molecule has 0 radical (unpaired) electrons. The van der Waals surface area contributed by atoms with Crippen LogP contribution in [0.4, 0.5) is 0 Å². The number of amides is 1. The lowest BCUT2D eigenvalue weighted by molar-refractivity contribution is 0.0962. The van der Waals surface area contributed by atoms with Gasteiger partial charge in [0.15, 0.2) is 0 Å². The van der Waals surface area contributed by atoms with Crippen LogP contribution in [0, 0.1) is 6.92 Å². The van der Waals surface area contributed by atoms with E-state index in [0.29, 0.717) is 5.01 Å². The summed E-state index contributed by atoms with van der Waals surface area (Å²) in [5.41, 5.74) is 0. The van der Waals surface area contributed by atoms with Crippen LogP contribution in [-0.2, 0) is 0 Å². The van der Waals surface area contributed by atoms with Crippen molar-refractivity contribution in [2.45, 2.75) is 6.92 Å². The molecule has 1 heterocycles. The van der Waals surface area contributed by atoms with Crippen LogP contribution in [0.2, 0.25) is 0 Å². The summed E-state index contributed by atoms with van der Waals surface area (Å²) in [6.07, 6.45) is 0. The largest absolute Gasteiger partial charge is 0.353 e. The van der Waals surface area contributed by atoms with E-state index in [1.54, 1.807) is 7.05 Å². The number of nitrogens with one attached hydrogen (secondary N) is 1. The van der Waals surface area contributed by atoms with Gasteiger partial charge >= 0.3 is 0 Å². The molecule has 1 aromatic heterocycles. The Hall–Kier alpha value is -0.970. The van der Waals surface area contributed by atoms with Crippen LogP contribution in [0.1, 0.15) is 14.8 Å². The number of aromatic nitrogens is 2. The first-order valence-electron chi connectivity index (χ1n) is 2.76. The molecule has 1 amide bonds. The minimum absolute atomic E-state index is 0.175. The quantitative estimate of drug-likeness (QED) is 0.633. The highest BCUT2D eigenvalue weighted by molar-refractivity contribution is 7.13. The molecule has 0 atom stereocenters. The van der Waals surface area contributed by atoms with Crippen LogP contribution in [0.5, 0.6) is 0 Å². The summed E-state index contributed by atoms with van der Waals surface area (Å²) in [4.78, 5) is 10.8. The molecular formula is C5H7N3OS. The standard InChI is InChI=1S/C5H7N3OS/c1-3-7-8-5(10-3)4(9)6-2/h1-2H3,(H,6,9). The number of nitrogens with zero attached hydrogens (tertiary/aromatic N) is 2. The zero-order chi connectivity index (χ0) is 7.56. The third kappa shape index (κ3) is 1.30. The number of hydrogen-bond donors (Lipinski definition) is 1. The maximum atomic E-state index is 10.8. The van der Waals surface area contributed by atoms with Crippen molar-refractivity contribution in [1.82, 2.24) is 15.5 Å². The molecule has 5 heteroatoms. The Kier molecular flexibility index (Phi) is 1.96. The highest BCUT2D eigenvalue weighted by Gasteiger charge is 2.07. The molecule has 0 unspecified atom stereocenters. The first-order chi connectivity index (χ1) is 4.74. The molecule has 0 spiro atoms. The predicted molar refractivity (Wildman–Crippen MR) is 38.0 cm³/mol. The normalized spacial score (nSPS) is 9.40. The average molecular weight is 157 g/mol. The summed E-state index contributed by atoms with van der Waals surface area (Å²) >= 11 is 1.29. The average Bonchev–Trinajstić information content (AvgIpc) is 2.34. The Morgan fingerprint density at radius 1 is 1.60 bits per heavy atom. The summed E-state index contributed by atoms with van der Waals surface area (Å²) in [6, 6.07) is 0. The summed E-state index contributed by atoms with van der Waals surface area (Å²) in [5, 5.41) is 11.0. The maximum absolute atomic E-state index is 10.8. The molecule has 1 N–H and O–H groups in total. The van der Waals surface area contributed by atoms with Crippen molar-refractivity contribution in [2.75, 3.05) is 7.05 Å². The highest BCUT2D eigenvalue weighted by atomic mass is 32.1. The second kappa shape index (κ2) is 2.74. The molecule has 0 fully saturated rings. The van der Waals surface area contributed by atoms with E-state index in [1.807, 2.05) is 6.92 Å². The van der Waals surface area contributed by atoms with Crippen molar-refractivity contribution in [3.63, 3.8) is 0 Å². The van der Waals surface area contributed by atoms with Crippen molar-refractivity contribution in [3.8, 4) is 0 Å². The fourth-order valence-electron chi connectivity index (χ4n) is 0.495. The van der Waals surface area contributed by atoms with Gasteiger partial charge in [-0.25, -0.2) is 0 Å². The minimum atomic E-state index is -0.175. The molecule has 4 nitrogen and oxygen atoms in total. The Morgan fingerprint density at radius 3 is 2.70 bits per heavy atom. The molecule has 0 aliphatic heterocycles. The predicted octanol–water partition coefficient (Wildman–Crippen LogP) is 0.206. The zero-order valence-electron chi connectivity index (χ0n) is 5.71. The van der Waals surface area contributed by atoms with Crippen molar-refractivity contribution < 1.29 is 4.79 Å². The van der Waals surface area contributed by atoms with Gasteiger partial charge in [-0.3, -0.25) is 4.79 Å². The smallest absolute Gasteiger partial charge is 0.282 e. The van der Waals surface area contributed by atoms with Crippen molar-refractivity contribution in [2.24, 2.45) is 0 Å². The SMILES string of the molecule is CNC(=O)c1nnc(C)s1. The lowest BCUT2D eigenvalue weighted by Gasteiger charge is -1.88. The Labute approximate surface area is 62.3 Å². The van der Waals surface area contributed by atoms with E-state index in [-0.39, 0.29) is 5.91 Å². The summed E-state index contributed by atoms with van der Waals surface area (Å²) in [7, 11) is 1.57. The molecule has 0 aliphatic rings. The molecule has 0 saturated carbocycles. The number of carbonyl (C=O) groups excluding carboxylic acids is 1. The Morgan fingerprint density at radius 2 is 2.30 bits per heavy atom. The molecule has 1 rings (SSSR count). The number of carbonyl (C=O) groups is 1. The van der Waals surface area contributed by atoms with Gasteiger partial charge in [0.1, 0.15) is 5.01 Å². The van der Waals surface area contributed by atoms with E-state index in [4.69, 9.17) is 0 Å². The fraction of sp³-hybridized carbons (Fsp3) is 0.400. The molecule has 10 heavy (non-hydrogen) atoms. The third-order valence-corrected chi connectivity index (χ3v) is 1.78. The minimum Gasteiger partial charge on any atom is -0.353 e. The zero-order valence-corrected chi connectivity index (χ0v) is 6.53. The van der Waals surface area contributed by atoms with Crippen molar-refractivity contribution in [3.05, 3.63) is 10.0 Å². The second-order valence-corrected chi connectivity index (χ2v) is 2.89. The van der Waals surface area contributed by atoms with Crippen molar-refractivity contribution >= 4 is 17.2 Å². The lowest BCUT2D eigenvalue weighted by Crippen LogP contribution is -2.17. The van der Waals surface area contributed by atoms with Crippen LogP contribution in [0.25, 0.3) is 0 Å². The second-order valence-electron chi connectivity index (χ2n) is 1.71. The van der Waals surface area contributed by atoms with Crippen LogP contribution in [-0.4, -0.2) is 23.2 Å². The maximum Gasteiger partial charge on any atom is 0.282 e. The summed E-state index contributed by atoms with van der Waals surface area (Å²) in [5.74, 6) is -0.175. The Bertz CT molecular complexity index is 245. The van der Waals surface area contributed by atoms with E-state index in [0.717, 1.165) is 5.01 Å². The van der Waals surface area contributed by atoms with Crippen molar-refractivity contribution in [1.29, 1.82) is 0 Å². The number of hydrogen-bond acceptors (Lipinski definition) is 4. The van der Waals surface area contributed by atoms with E-state index >= 15 is 0 Å². The van der Waals surface area contributed by atoms with E-state index < -0.39 is 0 Å². The van der Waals surface area contributed by atoms with Gasteiger partial charge in [0.25, 0.3) is 5.91 Å². The fourth-order valence-corrected chi connectivity index (χ4v) is 1.13. The van der Waals surface area contributed by atoms with Gasteiger partial charge < -0.3 is 5.32 Å². The monoisotopic (exact) mass is 157 g/mol. The van der Waals surface area contributed by atoms with Gasteiger partial charge in [-0.05, 0) is 6.92 Å².